The molecule has 0 spiro atoms. The molecule has 2 bridgehead atoms. The van der Waals surface area contributed by atoms with Crippen LogP contribution in [-0.4, -0.2) is 21.7 Å². The lowest BCUT2D eigenvalue weighted by molar-refractivity contribution is -0.122. The first-order chi connectivity index (χ1) is 9.52. The van der Waals surface area contributed by atoms with Crippen molar-refractivity contribution in [3.8, 4) is 0 Å². The summed E-state index contributed by atoms with van der Waals surface area (Å²) in [7, 11) is 0. The average molecular weight is 296 g/mol. The van der Waals surface area contributed by atoms with Crippen LogP contribution in [0.3, 0.4) is 0 Å². The standard InChI is InChI=1S/C15H22ClN3O/c1-9(13-6-11-3-4-12(13)5-11)17-15(20)8-19-7-14(16)10(2)18-19/h7,9,11-13H,3-6,8H2,1-2H3,(H,17,20)/t9-,11+,12+,13-/m1/s1. The van der Waals surface area contributed by atoms with Gasteiger partial charge in [0.25, 0.3) is 0 Å². The molecule has 0 saturated heterocycles. The van der Waals surface area contributed by atoms with Crippen LogP contribution in [0.25, 0.3) is 0 Å². The Balaban J connectivity index is 1.53. The van der Waals surface area contributed by atoms with Gasteiger partial charge in [0.1, 0.15) is 6.54 Å². The van der Waals surface area contributed by atoms with Crippen LogP contribution in [0.2, 0.25) is 5.02 Å². The monoisotopic (exact) mass is 295 g/mol. The molecule has 2 saturated carbocycles. The third kappa shape index (κ3) is 2.71. The van der Waals surface area contributed by atoms with E-state index in [1.807, 2.05) is 6.92 Å². The molecule has 1 aromatic heterocycles. The predicted molar refractivity (Wildman–Crippen MR) is 78.5 cm³/mol. The van der Waals surface area contributed by atoms with Crippen molar-refractivity contribution in [2.75, 3.05) is 0 Å². The zero-order chi connectivity index (χ0) is 14.3. The van der Waals surface area contributed by atoms with Crippen LogP contribution in [0.15, 0.2) is 6.20 Å². The zero-order valence-electron chi connectivity index (χ0n) is 12.1. The van der Waals surface area contributed by atoms with Crippen molar-refractivity contribution in [2.24, 2.45) is 17.8 Å². The molecule has 0 aliphatic heterocycles. The Morgan fingerprint density at radius 3 is 2.90 bits per heavy atom. The van der Waals surface area contributed by atoms with Crippen LogP contribution in [0.1, 0.15) is 38.3 Å². The summed E-state index contributed by atoms with van der Waals surface area (Å²) in [5, 5.41) is 7.97. The Morgan fingerprint density at radius 1 is 1.55 bits per heavy atom. The highest BCUT2D eigenvalue weighted by Crippen LogP contribution is 2.49. The van der Waals surface area contributed by atoms with E-state index in [0.717, 1.165) is 17.5 Å². The van der Waals surface area contributed by atoms with Crippen LogP contribution < -0.4 is 5.32 Å². The second-order valence-electron chi connectivity index (χ2n) is 6.45. The van der Waals surface area contributed by atoms with Crippen molar-refractivity contribution in [3.05, 3.63) is 16.9 Å². The first-order valence-corrected chi connectivity index (χ1v) is 7.89. The van der Waals surface area contributed by atoms with E-state index in [9.17, 15) is 4.79 Å². The highest BCUT2D eigenvalue weighted by atomic mass is 35.5. The Kier molecular flexibility index (Phi) is 3.76. The van der Waals surface area contributed by atoms with Crippen molar-refractivity contribution in [2.45, 2.75) is 52.1 Å². The molecular weight excluding hydrogens is 274 g/mol. The van der Waals surface area contributed by atoms with Gasteiger partial charge in [-0.3, -0.25) is 9.48 Å². The number of hydrogen-bond acceptors (Lipinski definition) is 2. The fraction of sp³-hybridized carbons (Fsp3) is 0.733. The number of halogens is 1. The molecule has 110 valence electrons. The summed E-state index contributed by atoms with van der Waals surface area (Å²) < 4.78 is 1.61. The summed E-state index contributed by atoms with van der Waals surface area (Å²) in [6.45, 7) is 4.23. The molecule has 5 heteroatoms. The third-order valence-corrected chi connectivity index (χ3v) is 5.39. The maximum atomic E-state index is 12.1. The van der Waals surface area contributed by atoms with Gasteiger partial charge in [0, 0.05) is 12.2 Å². The molecule has 1 aromatic rings. The molecule has 0 radical (unpaired) electrons. The van der Waals surface area contributed by atoms with E-state index < -0.39 is 0 Å². The summed E-state index contributed by atoms with van der Waals surface area (Å²) in [4.78, 5) is 12.1. The minimum Gasteiger partial charge on any atom is -0.352 e. The number of rotatable bonds is 4. The molecule has 0 aromatic carbocycles. The fourth-order valence-corrected chi connectivity index (χ4v) is 4.19. The number of carbonyl (C=O) groups excluding carboxylic acids is 1. The Hall–Kier alpha value is -1.03. The third-order valence-electron chi connectivity index (χ3n) is 5.02. The SMILES string of the molecule is Cc1nn(CC(=O)N[C@H](C)[C@H]2C[C@H]3CC[C@H]2C3)cc1Cl. The molecule has 2 fully saturated rings. The smallest absolute Gasteiger partial charge is 0.241 e. The van der Waals surface area contributed by atoms with Gasteiger partial charge in [-0.25, -0.2) is 0 Å². The molecule has 4 nitrogen and oxygen atoms in total. The lowest BCUT2D eigenvalue weighted by Gasteiger charge is -2.28. The number of aryl methyl sites for hydroxylation is 1. The van der Waals surface area contributed by atoms with Crippen molar-refractivity contribution < 1.29 is 4.79 Å². The van der Waals surface area contributed by atoms with Crippen molar-refractivity contribution >= 4 is 17.5 Å². The number of amides is 1. The van der Waals surface area contributed by atoms with Gasteiger partial charge >= 0.3 is 0 Å². The Morgan fingerprint density at radius 2 is 2.35 bits per heavy atom. The molecular formula is C15H22ClN3O. The molecule has 1 heterocycles. The van der Waals surface area contributed by atoms with Crippen LogP contribution in [0.5, 0.6) is 0 Å². The normalized spacial score (nSPS) is 29.6. The number of aromatic nitrogens is 2. The van der Waals surface area contributed by atoms with E-state index in [-0.39, 0.29) is 18.5 Å². The second kappa shape index (κ2) is 5.40. The van der Waals surface area contributed by atoms with Crippen molar-refractivity contribution in [3.63, 3.8) is 0 Å². The van der Waals surface area contributed by atoms with Crippen LogP contribution in [0, 0.1) is 24.7 Å². The van der Waals surface area contributed by atoms with Crippen LogP contribution >= 0.6 is 11.6 Å². The van der Waals surface area contributed by atoms with E-state index in [1.54, 1.807) is 10.9 Å². The largest absolute Gasteiger partial charge is 0.352 e. The van der Waals surface area contributed by atoms with Crippen molar-refractivity contribution in [1.82, 2.24) is 15.1 Å². The van der Waals surface area contributed by atoms with Gasteiger partial charge in [0.2, 0.25) is 5.91 Å². The van der Waals surface area contributed by atoms with E-state index in [4.69, 9.17) is 11.6 Å². The molecule has 2 aliphatic rings. The molecule has 20 heavy (non-hydrogen) atoms. The van der Waals surface area contributed by atoms with E-state index >= 15 is 0 Å². The minimum absolute atomic E-state index is 0.0273. The summed E-state index contributed by atoms with van der Waals surface area (Å²) in [6, 6.07) is 0.268. The van der Waals surface area contributed by atoms with E-state index in [2.05, 4.69) is 17.3 Å². The summed E-state index contributed by atoms with van der Waals surface area (Å²) in [5.41, 5.74) is 0.764. The van der Waals surface area contributed by atoms with E-state index in [1.165, 1.54) is 25.7 Å². The number of hydrogen-bond donors (Lipinski definition) is 1. The molecule has 0 unspecified atom stereocenters. The number of nitrogens with one attached hydrogen (secondary N) is 1. The highest BCUT2D eigenvalue weighted by Gasteiger charge is 2.42. The molecule has 1 amide bonds. The minimum atomic E-state index is 0.0273. The molecule has 4 atom stereocenters. The maximum absolute atomic E-state index is 12.1. The number of carbonyl (C=O) groups is 1. The zero-order valence-corrected chi connectivity index (χ0v) is 12.9. The van der Waals surface area contributed by atoms with Gasteiger partial charge in [0.05, 0.1) is 10.7 Å². The van der Waals surface area contributed by atoms with Gasteiger partial charge in [-0.1, -0.05) is 18.0 Å². The van der Waals surface area contributed by atoms with E-state index in [0.29, 0.717) is 10.9 Å². The van der Waals surface area contributed by atoms with Gasteiger partial charge in [-0.15, -0.1) is 0 Å². The predicted octanol–water partition coefficient (Wildman–Crippen LogP) is 2.79. The fourth-order valence-electron chi connectivity index (χ4n) is 4.03. The highest BCUT2D eigenvalue weighted by molar-refractivity contribution is 6.31. The van der Waals surface area contributed by atoms with Crippen LogP contribution in [-0.2, 0) is 11.3 Å². The van der Waals surface area contributed by atoms with Crippen LogP contribution in [0.4, 0.5) is 0 Å². The van der Waals surface area contributed by atoms with Gasteiger partial charge in [-0.05, 0) is 50.9 Å². The number of nitrogens with zero attached hydrogens (tertiary/aromatic N) is 2. The average Bonchev–Trinajstić information content (AvgIpc) is 3.06. The van der Waals surface area contributed by atoms with Gasteiger partial charge < -0.3 is 5.32 Å². The summed E-state index contributed by atoms with van der Waals surface area (Å²) >= 11 is 5.95. The lowest BCUT2D eigenvalue weighted by Crippen LogP contribution is -2.41. The Bertz CT molecular complexity index is 494. The molecule has 2 aliphatic carbocycles. The molecule has 3 rings (SSSR count). The van der Waals surface area contributed by atoms with Gasteiger partial charge in [-0.2, -0.15) is 5.10 Å². The lowest BCUT2D eigenvalue weighted by atomic mass is 9.84. The first-order valence-electron chi connectivity index (χ1n) is 7.52. The van der Waals surface area contributed by atoms with Gasteiger partial charge in [0.15, 0.2) is 0 Å². The Labute approximate surface area is 124 Å². The molecule has 1 N–H and O–H groups in total. The maximum Gasteiger partial charge on any atom is 0.241 e. The number of fused-ring (bicyclic) bond motifs is 2. The summed E-state index contributed by atoms with van der Waals surface area (Å²) in [5.74, 6) is 2.44. The topological polar surface area (TPSA) is 46.9 Å². The first kappa shape index (κ1) is 13.9. The quantitative estimate of drug-likeness (QED) is 0.928. The second-order valence-corrected chi connectivity index (χ2v) is 6.86. The van der Waals surface area contributed by atoms with Crippen molar-refractivity contribution in [1.29, 1.82) is 0 Å². The summed E-state index contributed by atoms with van der Waals surface area (Å²) in [6.07, 6.45) is 7.12.